The summed E-state index contributed by atoms with van der Waals surface area (Å²) in [6.45, 7) is 4.10. The van der Waals surface area contributed by atoms with E-state index in [0.29, 0.717) is 17.7 Å². The van der Waals surface area contributed by atoms with E-state index in [0.717, 1.165) is 5.56 Å². The second kappa shape index (κ2) is 4.62. The average molecular weight is 278 g/mol. The Morgan fingerprint density at radius 1 is 1.26 bits per heavy atom. The molecule has 1 aliphatic heterocycles. The van der Waals surface area contributed by atoms with Gasteiger partial charge in [-0.2, -0.15) is 0 Å². The molecule has 0 bridgehead atoms. The minimum Gasteiger partial charge on any atom is -0.485 e. The zero-order valence-electron chi connectivity index (χ0n) is 10.8. The summed E-state index contributed by atoms with van der Waals surface area (Å²) in [7, 11) is 0. The summed E-state index contributed by atoms with van der Waals surface area (Å²) in [6.07, 6.45) is -0.293. The average Bonchev–Trinajstić information content (AvgIpc) is 2.67. The molecule has 2 unspecified atom stereocenters. The predicted octanol–water partition coefficient (Wildman–Crippen LogP) is 4.06. The Kier molecular flexibility index (Phi) is 3.07. The molecular formula is C15H15FO2S. The number of aliphatic hydroxyl groups is 1. The van der Waals surface area contributed by atoms with Crippen molar-refractivity contribution in [3.63, 3.8) is 0 Å². The first kappa shape index (κ1) is 12.6. The van der Waals surface area contributed by atoms with Crippen molar-refractivity contribution in [3.05, 3.63) is 51.0 Å². The van der Waals surface area contributed by atoms with Crippen molar-refractivity contribution in [2.75, 3.05) is 0 Å². The maximum Gasteiger partial charge on any atom is 0.128 e. The summed E-state index contributed by atoms with van der Waals surface area (Å²) in [5, 5.41) is 10.2. The van der Waals surface area contributed by atoms with E-state index in [-0.39, 0.29) is 11.9 Å². The number of aryl methyl sites for hydroxylation is 2. The molecule has 0 saturated heterocycles. The van der Waals surface area contributed by atoms with Crippen LogP contribution in [0.25, 0.3) is 0 Å². The number of rotatable bonds is 1. The first-order chi connectivity index (χ1) is 9.04. The van der Waals surface area contributed by atoms with Gasteiger partial charge in [0.1, 0.15) is 17.7 Å². The van der Waals surface area contributed by atoms with Gasteiger partial charge < -0.3 is 9.84 Å². The van der Waals surface area contributed by atoms with Crippen molar-refractivity contribution in [1.29, 1.82) is 0 Å². The largest absolute Gasteiger partial charge is 0.485 e. The van der Waals surface area contributed by atoms with Crippen LogP contribution in [0, 0.1) is 19.7 Å². The van der Waals surface area contributed by atoms with Crippen molar-refractivity contribution in [3.8, 4) is 5.75 Å². The number of thiophene rings is 1. The third-order valence-electron chi connectivity index (χ3n) is 3.47. The van der Waals surface area contributed by atoms with Gasteiger partial charge in [0.25, 0.3) is 0 Å². The smallest absolute Gasteiger partial charge is 0.128 e. The second-order valence-electron chi connectivity index (χ2n) is 4.91. The fraction of sp³-hybridized carbons (Fsp3) is 0.333. The lowest BCUT2D eigenvalue weighted by molar-refractivity contribution is 0.0653. The quantitative estimate of drug-likeness (QED) is 0.852. The number of benzene rings is 1. The fourth-order valence-corrected chi connectivity index (χ4v) is 3.55. The molecule has 2 atom stereocenters. The summed E-state index contributed by atoms with van der Waals surface area (Å²) < 4.78 is 19.1. The van der Waals surface area contributed by atoms with Crippen LogP contribution in [-0.2, 0) is 0 Å². The highest BCUT2D eigenvalue weighted by molar-refractivity contribution is 7.12. The Labute approximate surface area is 115 Å². The molecule has 2 heterocycles. The van der Waals surface area contributed by atoms with Crippen LogP contribution in [0.5, 0.6) is 5.75 Å². The highest BCUT2D eigenvalue weighted by Gasteiger charge is 2.29. The van der Waals surface area contributed by atoms with Gasteiger partial charge >= 0.3 is 0 Å². The minimum atomic E-state index is -0.603. The highest BCUT2D eigenvalue weighted by Crippen LogP contribution is 2.42. The van der Waals surface area contributed by atoms with Crippen LogP contribution >= 0.6 is 11.3 Å². The number of ether oxygens (including phenoxy) is 1. The van der Waals surface area contributed by atoms with E-state index in [1.165, 1.54) is 21.9 Å². The zero-order chi connectivity index (χ0) is 13.6. The SMILES string of the molecule is Cc1cc(C2CC(O)c3ccc(F)cc3O2)c(C)s1. The zero-order valence-corrected chi connectivity index (χ0v) is 11.6. The van der Waals surface area contributed by atoms with Crippen LogP contribution in [0.3, 0.4) is 0 Å². The van der Waals surface area contributed by atoms with Gasteiger partial charge in [-0.05, 0) is 32.0 Å². The van der Waals surface area contributed by atoms with Crippen molar-refractivity contribution < 1.29 is 14.2 Å². The lowest BCUT2D eigenvalue weighted by Gasteiger charge is -2.29. The van der Waals surface area contributed by atoms with Gasteiger partial charge in [0, 0.05) is 33.4 Å². The maximum absolute atomic E-state index is 13.3. The Morgan fingerprint density at radius 3 is 2.74 bits per heavy atom. The molecule has 2 aromatic rings. The highest BCUT2D eigenvalue weighted by atomic mass is 32.1. The molecule has 0 aliphatic carbocycles. The van der Waals surface area contributed by atoms with Crippen LogP contribution in [0.15, 0.2) is 24.3 Å². The van der Waals surface area contributed by atoms with Gasteiger partial charge in [0.15, 0.2) is 0 Å². The Hall–Kier alpha value is -1.39. The van der Waals surface area contributed by atoms with Gasteiger partial charge in [-0.25, -0.2) is 4.39 Å². The predicted molar refractivity (Wildman–Crippen MR) is 73.1 cm³/mol. The summed E-state index contributed by atoms with van der Waals surface area (Å²) in [6, 6.07) is 6.38. The third kappa shape index (κ3) is 2.26. The summed E-state index contributed by atoms with van der Waals surface area (Å²) in [5.74, 6) is 0.108. The number of aliphatic hydroxyl groups excluding tert-OH is 1. The minimum absolute atomic E-state index is 0.200. The Bertz CT molecular complexity index is 621. The molecule has 0 saturated carbocycles. The van der Waals surface area contributed by atoms with Crippen molar-refractivity contribution in [2.45, 2.75) is 32.5 Å². The van der Waals surface area contributed by atoms with Gasteiger partial charge in [-0.1, -0.05) is 0 Å². The topological polar surface area (TPSA) is 29.5 Å². The molecule has 0 radical (unpaired) electrons. The van der Waals surface area contributed by atoms with Gasteiger partial charge in [0.2, 0.25) is 0 Å². The number of hydrogen-bond acceptors (Lipinski definition) is 3. The second-order valence-corrected chi connectivity index (χ2v) is 6.37. The molecule has 100 valence electrons. The Balaban J connectivity index is 1.98. The number of halogens is 1. The van der Waals surface area contributed by atoms with Gasteiger partial charge in [0.05, 0.1) is 6.10 Å². The summed E-state index contributed by atoms with van der Waals surface area (Å²) in [4.78, 5) is 2.41. The first-order valence-electron chi connectivity index (χ1n) is 6.25. The lowest BCUT2D eigenvalue weighted by atomic mass is 9.95. The van der Waals surface area contributed by atoms with E-state index in [9.17, 15) is 9.50 Å². The maximum atomic E-state index is 13.3. The molecular weight excluding hydrogens is 263 g/mol. The standard InChI is InChI=1S/C15H15FO2S/c1-8-5-12(9(2)19-8)15-7-13(17)11-4-3-10(16)6-14(11)18-15/h3-6,13,15,17H,7H2,1-2H3. The molecule has 1 N–H and O–H groups in total. The van der Waals surface area contributed by atoms with E-state index in [1.807, 2.05) is 13.8 Å². The van der Waals surface area contributed by atoms with E-state index in [1.54, 1.807) is 17.4 Å². The van der Waals surface area contributed by atoms with Crippen molar-refractivity contribution >= 4 is 11.3 Å². The van der Waals surface area contributed by atoms with Crippen molar-refractivity contribution in [1.82, 2.24) is 0 Å². The van der Waals surface area contributed by atoms with Crippen LogP contribution in [0.2, 0.25) is 0 Å². The summed E-state index contributed by atoms with van der Waals surface area (Å²) >= 11 is 1.71. The molecule has 3 rings (SSSR count). The fourth-order valence-electron chi connectivity index (χ4n) is 2.58. The van der Waals surface area contributed by atoms with E-state index >= 15 is 0 Å². The summed E-state index contributed by atoms with van der Waals surface area (Å²) in [5.41, 5.74) is 1.76. The molecule has 1 aliphatic rings. The normalized spacial score (nSPS) is 21.9. The molecule has 0 fully saturated rings. The van der Waals surface area contributed by atoms with Crippen LogP contribution in [-0.4, -0.2) is 5.11 Å². The third-order valence-corrected chi connectivity index (χ3v) is 4.45. The Morgan fingerprint density at radius 2 is 2.05 bits per heavy atom. The molecule has 4 heteroatoms. The monoisotopic (exact) mass is 278 g/mol. The van der Waals surface area contributed by atoms with Gasteiger partial charge in [-0.3, -0.25) is 0 Å². The van der Waals surface area contributed by atoms with Gasteiger partial charge in [-0.15, -0.1) is 11.3 Å². The lowest BCUT2D eigenvalue weighted by Crippen LogP contribution is -2.19. The molecule has 1 aromatic heterocycles. The number of hydrogen-bond donors (Lipinski definition) is 1. The van der Waals surface area contributed by atoms with Crippen LogP contribution in [0.4, 0.5) is 4.39 Å². The van der Waals surface area contributed by atoms with E-state index < -0.39 is 6.10 Å². The van der Waals surface area contributed by atoms with Crippen LogP contribution < -0.4 is 4.74 Å². The molecule has 1 aromatic carbocycles. The molecule has 19 heavy (non-hydrogen) atoms. The first-order valence-corrected chi connectivity index (χ1v) is 7.07. The molecule has 0 spiro atoms. The van der Waals surface area contributed by atoms with Crippen LogP contribution in [0.1, 0.15) is 39.5 Å². The molecule has 0 amide bonds. The molecule has 2 nitrogen and oxygen atoms in total. The van der Waals surface area contributed by atoms with E-state index in [2.05, 4.69) is 6.07 Å². The number of fused-ring (bicyclic) bond motifs is 1. The van der Waals surface area contributed by atoms with Crippen molar-refractivity contribution in [2.24, 2.45) is 0 Å². The van der Waals surface area contributed by atoms with E-state index in [4.69, 9.17) is 4.74 Å².